The Morgan fingerprint density at radius 1 is 1.28 bits per heavy atom. The first-order chi connectivity index (χ1) is 11.7. The molecule has 25 heavy (non-hydrogen) atoms. The largest absolute Gasteiger partial charge is 0.476 e. The van der Waals surface area contributed by atoms with Gasteiger partial charge in [0, 0.05) is 26.2 Å². The van der Waals surface area contributed by atoms with E-state index in [4.69, 9.17) is 9.84 Å². The van der Waals surface area contributed by atoms with Crippen molar-refractivity contribution in [2.24, 2.45) is 0 Å². The standard InChI is InChI=1S/C17H26N4O4/c1-17(2,3)25-16(24)21-10-6-5-7-12(11-21)20(4)14-9-8-13(15(22)23)18-19-14/h8-9,12H,5-7,10-11H2,1-4H3,(H,22,23). The molecule has 1 saturated heterocycles. The van der Waals surface area contributed by atoms with Gasteiger partial charge in [-0.25, -0.2) is 9.59 Å². The number of aromatic nitrogens is 2. The number of carbonyl (C=O) groups is 2. The number of likely N-dealkylation sites (N-methyl/N-ethyl adjacent to an activating group) is 1. The first-order valence-corrected chi connectivity index (χ1v) is 8.45. The van der Waals surface area contributed by atoms with Crippen molar-refractivity contribution in [2.45, 2.75) is 51.7 Å². The van der Waals surface area contributed by atoms with E-state index in [0.717, 1.165) is 19.3 Å². The summed E-state index contributed by atoms with van der Waals surface area (Å²) in [5.74, 6) is -0.520. The maximum absolute atomic E-state index is 12.4. The number of rotatable bonds is 3. The van der Waals surface area contributed by atoms with Gasteiger partial charge in [0.2, 0.25) is 0 Å². The molecule has 8 nitrogen and oxygen atoms in total. The fourth-order valence-electron chi connectivity index (χ4n) is 2.74. The molecular formula is C17H26N4O4. The van der Waals surface area contributed by atoms with Crippen LogP contribution in [-0.2, 0) is 4.74 Å². The Hall–Kier alpha value is -2.38. The van der Waals surface area contributed by atoms with Crippen LogP contribution in [0.15, 0.2) is 12.1 Å². The van der Waals surface area contributed by atoms with Crippen molar-refractivity contribution in [1.29, 1.82) is 0 Å². The number of carboxylic acid groups (broad SMARTS) is 1. The average Bonchev–Trinajstić information content (AvgIpc) is 2.79. The molecule has 1 amide bonds. The summed E-state index contributed by atoms with van der Waals surface area (Å²) >= 11 is 0. The SMILES string of the molecule is CN(c1ccc(C(=O)O)nn1)C1CCCCN(C(=O)OC(C)(C)C)C1. The molecule has 0 saturated carbocycles. The Labute approximate surface area is 147 Å². The smallest absolute Gasteiger partial charge is 0.410 e. The van der Waals surface area contributed by atoms with Crippen LogP contribution in [0.1, 0.15) is 50.5 Å². The second kappa shape index (κ2) is 7.67. The molecule has 0 bridgehead atoms. The predicted octanol–water partition coefficient (Wildman–Crippen LogP) is 2.40. The minimum atomic E-state index is -1.10. The number of anilines is 1. The van der Waals surface area contributed by atoms with E-state index in [9.17, 15) is 9.59 Å². The van der Waals surface area contributed by atoms with Crippen molar-refractivity contribution >= 4 is 17.9 Å². The van der Waals surface area contributed by atoms with Crippen LogP contribution in [0.4, 0.5) is 10.6 Å². The quantitative estimate of drug-likeness (QED) is 0.894. The summed E-state index contributed by atoms with van der Waals surface area (Å²) in [6, 6.07) is 3.14. The van der Waals surface area contributed by atoms with Crippen LogP contribution in [0.3, 0.4) is 0 Å². The molecule has 0 aromatic carbocycles. The average molecular weight is 350 g/mol. The molecule has 1 aliphatic heterocycles. The molecule has 1 aliphatic rings. The van der Waals surface area contributed by atoms with E-state index in [-0.39, 0.29) is 17.8 Å². The van der Waals surface area contributed by atoms with E-state index >= 15 is 0 Å². The van der Waals surface area contributed by atoms with Crippen LogP contribution < -0.4 is 4.90 Å². The molecule has 1 fully saturated rings. The maximum Gasteiger partial charge on any atom is 0.410 e. The number of hydrogen-bond acceptors (Lipinski definition) is 6. The Morgan fingerprint density at radius 3 is 2.56 bits per heavy atom. The van der Waals surface area contributed by atoms with Gasteiger partial charge in [-0.2, -0.15) is 0 Å². The molecule has 1 aromatic heterocycles. The summed E-state index contributed by atoms with van der Waals surface area (Å²) in [6.07, 6.45) is 2.53. The Kier molecular flexibility index (Phi) is 5.81. The zero-order valence-corrected chi connectivity index (χ0v) is 15.2. The molecule has 0 radical (unpaired) electrons. The second-order valence-corrected chi connectivity index (χ2v) is 7.27. The molecule has 1 N–H and O–H groups in total. The topological polar surface area (TPSA) is 95.9 Å². The van der Waals surface area contributed by atoms with Gasteiger partial charge in [-0.3, -0.25) is 0 Å². The third kappa shape index (κ3) is 5.30. The lowest BCUT2D eigenvalue weighted by Crippen LogP contribution is -2.45. The lowest BCUT2D eigenvalue weighted by molar-refractivity contribution is 0.0249. The van der Waals surface area contributed by atoms with Gasteiger partial charge in [-0.05, 0) is 52.2 Å². The summed E-state index contributed by atoms with van der Waals surface area (Å²) in [5, 5.41) is 16.6. The maximum atomic E-state index is 12.4. The van der Waals surface area contributed by atoms with E-state index in [1.54, 1.807) is 11.0 Å². The van der Waals surface area contributed by atoms with Crippen LogP contribution in [0.25, 0.3) is 0 Å². The number of carboxylic acids is 1. The number of amides is 1. The van der Waals surface area contributed by atoms with E-state index in [0.29, 0.717) is 18.9 Å². The highest BCUT2D eigenvalue weighted by molar-refractivity contribution is 5.85. The van der Waals surface area contributed by atoms with Gasteiger partial charge in [0.15, 0.2) is 11.5 Å². The van der Waals surface area contributed by atoms with Crippen molar-refractivity contribution in [2.75, 3.05) is 25.0 Å². The van der Waals surface area contributed by atoms with Crippen LogP contribution >= 0.6 is 0 Å². The molecular weight excluding hydrogens is 324 g/mol. The fraction of sp³-hybridized carbons (Fsp3) is 0.647. The zero-order chi connectivity index (χ0) is 18.6. The van der Waals surface area contributed by atoms with Crippen LogP contribution in [0.5, 0.6) is 0 Å². The van der Waals surface area contributed by atoms with Gasteiger partial charge in [-0.15, -0.1) is 10.2 Å². The lowest BCUT2D eigenvalue weighted by atomic mass is 10.1. The molecule has 138 valence electrons. The van der Waals surface area contributed by atoms with E-state index in [2.05, 4.69) is 10.2 Å². The van der Waals surface area contributed by atoms with Gasteiger partial charge in [-0.1, -0.05) is 0 Å². The first kappa shape index (κ1) is 19.0. The molecule has 1 unspecified atom stereocenters. The van der Waals surface area contributed by atoms with Crippen LogP contribution in [-0.4, -0.2) is 64.0 Å². The normalized spacial score (nSPS) is 18.4. The van der Waals surface area contributed by atoms with Gasteiger partial charge in [0.05, 0.1) is 0 Å². The highest BCUT2D eigenvalue weighted by atomic mass is 16.6. The van der Waals surface area contributed by atoms with Gasteiger partial charge >= 0.3 is 12.1 Å². The number of aromatic carboxylic acids is 1. The molecule has 8 heteroatoms. The van der Waals surface area contributed by atoms with E-state index in [1.807, 2.05) is 32.7 Å². The van der Waals surface area contributed by atoms with Crippen molar-refractivity contribution in [1.82, 2.24) is 15.1 Å². The van der Waals surface area contributed by atoms with Crippen LogP contribution in [0.2, 0.25) is 0 Å². The number of nitrogens with zero attached hydrogens (tertiary/aromatic N) is 4. The third-order valence-electron chi connectivity index (χ3n) is 4.08. The Morgan fingerprint density at radius 2 is 2.00 bits per heavy atom. The summed E-state index contributed by atoms with van der Waals surface area (Å²) in [7, 11) is 1.88. The molecule has 2 heterocycles. The first-order valence-electron chi connectivity index (χ1n) is 8.45. The monoisotopic (exact) mass is 350 g/mol. The van der Waals surface area contributed by atoms with Gasteiger partial charge in [0.25, 0.3) is 0 Å². The Balaban J connectivity index is 2.08. The summed E-state index contributed by atoms with van der Waals surface area (Å²) in [6.45, 7) is 6.76. The highest BCUT2D eigenvalue weighted by Crippen LogP contribution is 2.21. The Bertz CT molecular complexity index is 612. The van der Waals surface area contributed by atoms with Crippen molar-refractivity contribution < 1.29 is 19.4 Å². The lowest BCUT2D eigenvalue weighted by Gasteiger charge is -2.32. The molecule has 0 aliphatic carbocycles. The third-order valence-corrected chi connectivity index (χ3v) is 4.08. The van der Waals surface area contributed by atoms with E-state index < -0.39 is 11.6 Å². The van der Waals surface area contributed by atoms with Crippen molar-refractivity contribution in [3.05, 3.63) is 17.8 Å². The van der Waals surface area contributed by atoms with Gasteiger partial charge < -0.3 is 19.6 Å². The summed E-state index contributed by atoms with van der Waals surface area (Å²) < 4.78 is 5.48. The fourth-order valence-corrected chi connectivity index (χ4v) is 2.74. The van der Waals surface area contributed by atoms with Crippen molar-refractivity contribution in [3.8, 4) is 0 Å². The summed E-state index contributed by atoms with van der Waals surface area (Å²) in [4.78, 5) is 27.0. The highest BCUT2D eigenvalue weighted by Gasteiger charge is 2.28. The summed E-state index contributed by atoms with van der Waals surface area (Å²) in [5.41, 5.74) is -0.614. The second-order valence-electron chi connectivity index (χ2n) is 7.27. The number of carbonyl (C=O) groups excluding carboxylic acids is 1. The van der Waals surface area contributed by atoms with Crippen molar-refractivity contribution in [3.63, 3.8) is 0 Å². The molecule has 1 aromatic rings. The number of ether oxygens (including phenoxy) is 1. The molecule has 1 atom stereocenters. The molecule has 2 rings (SSSR count). The van der Waals surface area contributed by atoms with Crippen LogP contribution in [0, 0.1) is 0 Å². The number of likely N-dealkylation sites (tertiary alicyclic amines) is 1. The van der Waals surface area contributed by atoms with Gasteiger partial charge in [0.1, 0.15) is 5.60 Å². The predicted molar refractivity (Wildman–Crippen MR) is 92.8 cm³/mol. The minimum Gasteiger partial charge on any atom is -0.476 e. The zero-order valence-electron chi connectivity index (χ0n) is 15.2. The minimum absolute atomic E-state index is 0.0694. The molecule has 0 spiro atoms. The number of hydrogen-bond donors (Lipinski definition) is 1. The van der Waals surface area contributed by atoms with E-state index in [1.165, 1.54) is 6.07 Å².